The van der Waals surface area contributed by atoms with Crippen molar-refractivity contribution in [1.29, 1.82) is 0 Å². The number of hydrogen-bond donors (Lipinski definition) is 1. The van der Waals surface area contributed by atoms with Crippen LogP contribution in [0, 0.1) is 5.92 Å². The minimum atomic E-state index is -4.20. The fourth-order valence-electron chi connectivity index (χ4n) is 1.63. The molecule has 1 aromatic carbocycles. The highest BCUT2D eigenvalue weighted by Gasteiger charge is 2.38. The molecule has 17 heavy (non-hydrogen) atoms. The summed E-state index contributed by atoms with van der Waals surface area (Å²) in [6, 6.07) is 6.61. The molecule has 0 aliphatic carbocycles. The Morgan fingerprint density at radius 1 is 1.24 bits per heavy atom. The van der Waals surface area contributed by atoms with Gasteiger partial charge in [0.2, 0.25) is 0 Å². The van der Waals surface area contributed by atoms with Gasteiger partial charge in [0.25, 0.3) is 0 Å². The van der Waals surface area contributed by atoms with Crippen LogP contribution in [0.5, 0.6) is 5.75 Å². The molecule has 1 unspecified atom stereocenters. The van der Waals surface area contributed by atoms with Crippen molar-refractivity contribution in [1.82, 2.24) is 0 Å². The zero-order valence-corrected chi connectivity index (χ0v) is 9.63. The van der Waals surface area contributed by atoms with Crippen LogP contribution in [0.2, 0.25) is 0 Å². The number of rotatable bonds is 5. The zero-order valence-electron chi connectivity index (χ0n) is 9.63. The van der Waals surface area contributed by atoms with Gasteiger partial charge in [0, 0.05) is 0 Å². The normalized spacial score (nSPS) is 13.5. The van der Waals surface area contributed by atoms with Gasteiger partial charge in [0.15, 0.2) is 0 Å². The van der Waals surface area contributed by atoms with E-state index >= 15 is 0 Å². The van der Waals surface area contributed by atoms with Gasteiger partial charge >= 0.3 is 6.18 Å². The third-order valence-electron chi connectivity index (χ3n) is 2.62. The summed E-state index contributed by atoms with van der Waals surface area (Å²) in [4.78, 5) is 0. The van der Waals surface area contributed by atoms with Gasteiger partial charge in [0.1, 0.15) is 5.75 Å². The molecule has 1 atom stereocenters. The molecule has 5 heteroatoms. The maximum atomic E-state index is 12.7. The smallest absolute Gasteiger partial charge is 0.392 e. The molecule has 0 saturated carbocycles. The van der Waals surface area contributed by atoms with E-state index in [1.807, 2.05) is 0 Å². The monoisotopic (exact) mass is 247 g/mol. The molecule has 0 spiro atoms. The molecule has 96 valence electrons. The molecule has 0 fully saturated rings. The zero-order chi connectivity index (χ0) is 12.9. The van der Waals surface area contributed by atoms with E-state index < -0.39 is 12.1 Å². The van der Waals surface area contributed by atoms with Gasteiger partial charge in [-0.05, 0) is 37.1 Å². The minimum Gasteiger partial charge on any atom is -0.497 e. The second-order valence-electron chi connectivity index (χ2n) is 3.87. The molecular formula is C12H16F3NO. The van der Waals surface area contributed by atoms with E-state index in [2.05, 4.69) is 0 Å². The van der Waals surface area contributed by atoms with Gasteiger partial charge in [-0.25, -0.2) is 0 Å². The lowest BCUT2D eigenvalue weighted by molar-refractivity contribution is -0.175. The first kappa shape index (κ1) is 13.8. The predicted octanol–water partition coefficient (Wildman–Crippen LogP) is 2.77. The fourth-order valence-corrected chi connectivity index (χ4v) is 1.63. The lowest BCUT2D eigenvalue weighted by Crippen LogP contribution is -2.27. The summed E-state index contributed by atoms with van der Waals surface area (Å²) in [6.07, 6.45) is -4.28. The van der Waals surface area contributed by atoms with Gasteiger partial charge in [-0.1, -0.05) is 12.1 Å². The maximum absolute atomic E-state index is 12.7. The van der Waals surface area contributed by atoms with E-state index in [0.29, 0.717) is 11.3 Å². The average molecular weight is 247 g/mol. The van der Waals surface area contributed by atoms with E-state index in [4.69, 9.17) is 10.5 Å². The van der Waals surface area contributed by atoms with Crippen molar-refractivity contribution in [2.45, 2.75) is 19.0 Å². The van der Waals surface area contributed by atoms with Crippen molar-refractivity contribution in [2.24, 2.45) is 11.7 Å². The van der Waals surface area contributed by atoms with E-state index in [1.54, 1.807) is 24.3 Å². The van der Waals surface area contributed by atoms with Crippen LogP contribution in [-0.2, 0) is 6.42 Å². The van der Waals surface area contributed by atoms with Crippen LogP contribution < -0.4 is 10.5 Å². The highest BCUT2D eigenvalue weighted by Crippen LogP contribution is 2.31. The van der Waals surface area contributed by atoms with Crippen molar-refractivity contribution in [3.05, 3.63) is 29.8 Å². The van der Waals surface area contributed by atoms with Crippen LogP contribution in [0.1, 0.15) is 12.0 Å². The Morgan fingerprint density at radius 3 is 2.24 bits per heavy atom. The molecule has 2 nitrogen and oxygen atoms in total. The first-order valence-corrected chi connectivity index (χ1v) is 5.37. The lowest BCUT2D eigenvalue weighted by Gasteiger charge is -2.19. The molecule has 0 bridgehead atoms. The van der Waals surface area contributed by atoms with E-state index in [0.717, 1.165) is 0 Å². The lowest BCUT2D eigenvalue weighted by atomic mass is 9.95. The Kier molecular flexibility index (Phi) is 4.81. The Balaban J connectivity index is 2.72. The predicted molar refractivity (Wildman–Crippen MR) is 59.9 cm³/mol. The largest absolute Gasteiger partial charge is 0.497 e. The quantitative estimate of drug-likeness (QED) is 0.868. The molecule has 1 aromatic rings. The summed E-state index contributed by atoms with van der Waals surface area (Å²) < 4.78 is 42.9. The summed E-state index contributed by atoms with van der Waals surface area (Å²) >= 11 is 0. The van der Waals surface area contributed by atoms with Gasteiger partial charge in [-0.2, -0.15) is 13.2 Å². The van der Waals surface area contributed by atoms with Gasteiger partial charge < -0.3 is 10.5 Å². The summed E-state index contributed by atoms with van der Waals surface area (Å²) in [7, 11) is 1.52. The van der Waals surface area contributed by atoms with Crippen molar-refractivity contribution in [3.63, 3.8) is 0 Å². The van der Waals surface area contributed by atoms with E-state index in [1.165, 1.54) is 7.11 Å². The van der Waals surface area contributed by atoms with Gasteiger partial charge in [-0.15, -0.1) is 0 Å². The standard InChI is InChI=1S/C12H16F3NO/c1-17-11-4-2-9(3-5-11)8-10(6-7-16)12(13,14)15/h2-5,10H,6-8,16H2,1H3. The molecule has 0 aliphatic rings. The van der Waals surface area contributed by atoms with Gasteiger partial charge in [-0.3, -0.25) is 0 Å². The molecular weight excluding hydrogens is 231 g/mol. The SMILES string of the molecule is COc1ccc(CC(CCN)C(F)(F)F)cc1. The first-order valence-electron chi connectivity index (χ1n) is 5.37. The average Bonchev–Trinajstić information content (AvgIpc) is 2.28. The van der Waals surface area contributed by atoms with E-state index in [9.17, 15) is 13.2 Å². The molecule has 1 rings (SSSR count). The molecule has 0 aliphatic heterocycles. The summed E-state index contributed by atoms with van der Waals surface area (Å²) in [6.45, 7) is 0.0420. The number of methoxy groups -OCH3 is 1. The van der Waals surface area contributed by atoms with Crippen molar-refractivity contribution >= 4 is 0 Å². The number of nitrogens with two attached hydrogens (primary N) is 1. The molecule has 2 N–H and O–H groups in total. The third kappa shape index (κ3) is 4.26. The molecule has 0 aromatic heterocycles. The Morgan fingerprint density at radius 2 is 1.82 bits per heavy atom. The molecule has 0 radical (unpaired) electrons. The van der Waals surface area contributed by atoms with Crippen LogP contribution in [0.4, 0.5) is 13.2 Å². The van der Waals surface area contributed by atoms with Crippen LogP contribution in [0.25, 0.3) is 0 Å². The maximum Gasteiger partial charge on any atom is 0.392 e. The minimum absolute atomic E-state index is 0.0370. The van der Waals surface area contributed by atoms with Crippen LogP contribution in [0.15, 0.2) is 24.3 Å². The first-order chi connectivity index (χ1) is 7.97. The van der Waals surface area contributed by atoms with Crippen molar-refractivity contribution in [3.8, 4) is 5.75 Å². The summed E-state index contributed by atoms with van der Waals surface area (Å²) in [5, 5.41) is 0. The van der Waals surface area contributed by atoms with Crippen molar-refractivity contribution in [2.75, 3.05) is 13.7 Å². The number of alkyl halides is 3. The van der Waals surface area contributed by atoms with E-state index in [-0.39, 0.29) is 19.4 Å². The van der Waals surface area contributed by atoms with Crippen LogP contribution in [0.3, 0.4) is 0 Å². The second-order valence-corrected chi connectivity index (χ2v) is 3.87. The van der Waals surface area contributed by atoms with Crippen LogP contribution in [-0.4, -0.2) is 19.8 Å². The number of halogens is 3. The van der Waals surface area contributed by atoms with Gasteiger partial charge in [0.05, 0.1) is 13.0 Å². The number of ether oxygens (including phenoxy) is 1. The highest BCUT2D eigenvalue weighted by molar-refractivity contribution is 5.27. The van der Waals surface area contributed by atoms with Crippen LogP contribution >= 0.6 is 0 Å². The molecule has 0 amide bonds. The Bertz CT molecular complexity index is 335. The topological polar surface area (TPSA) is 35.2 Å². The third-order valence-corrected chi connectivity index (χ3v) is 2.62. The summed E-state index contributed by atoms with van der Waals surface area (Å²) in [5.74, 6) is -0.739. The number of benzene rings is 1. The van der Waals surface area contributed by atoms with Crippen molar-refractivity contribution < 1.29 is 17.9 Å². The number of hydrogen-bond acceptors (Lipinski definition) is 2. The fraction of sp³-hybridized carbons (Fsp3) is 0.500. The highest BCUT2D eigenvalue weighted by atomic mass is 19.4. The second kappa shape index (κ2) is 5.91. The molecule has 0 saturated heterocycles. The Labute approximate surface area is 98.6 Å². The molecule has 0 heterocycles. The summed E-state index contributed by atoms with van der Waals surface area (Å²) in [5.41, 5.74) is 5.85. The Hall–Kier alpha value is -1.23.